The molecule has 0 saturated heterocycles. The van der Waals surface area contributed by atoms with Crippen LogP contribution in [0.4, 0.5) is 0 Å². The molecule has 26 aromatic rings. The van der Waals surface area contributed by atoms with Crippen molar-refractivity contribution in [1.29, 1.82) is 0 Å². The Morgan fingerprint density at radius 2 is 0.303 bits per heavy atom. The van der Waals surface area contributed by atoms with Gasteiger partial charge in [0.15, 0.2) is 0 Å². The normalized spacial score (nSPS) is 11.8. The lowest BCUT2D eigenvalue weighted by Gasteiger charge is -2.17. The van der Waals surface area contributed by atoms with Crippen LogP contribution in [0, 0.1) is 0 Å². The number of hydrogen-bond acceptors (Lipinski definition) is 0. The molecular weight excluding hydrogens is 1470 g/mol. The lowest BCUT2D eigenvalue weighted by atomic mass is 9.86. The fourth-order valence-electron chi connectivity index (χ4n) is 20.2. The Morgan fingerprint density at radius 3 is 0.680 bits per heavy atom. The van der Waals surface area contributed by atoms with E-state index < -0.39 is 0 Å². The van der Waals surface area contributed by atoms with Crippen LogP contribution in [0.5, 0.6) is 0 Å². The van der Waals surface area contributed by atoms with Gasteiger partial charge >= 0.3 is 0 Å². The maximum absolute atomic E-state index is 2.44. The summed E-state index contributed by atoms with van der Waals surface area (Å²) in [6, 6.07) is 170. The first-order valence-electron chi connectivity index (χ1n) is 42.4. The molecular formula is C122H76. The molecule has 0 N–H and O–H groups in total. The molecule has 122 heavy (non-hydrogen) atoms. The molecule has 26 aromatic carbocycles. The summed E-state index contributed by atoms with van der Waals surface area (Å²) >= 11 is 0. The molecule has 0 nitrogen and oxygen atoms in total. The van der Waals surface area contributed by atoms with Gasteiger partial charge in [0.05, 0.1) is 0 Å². The fourth-order valence-corrected chi connectivity index (χ4v) is 20.2. The smallest absolute Gasteiger partial charge is 0.00197 e. The van der Waals surface area contributed by atoms with Gasteiger partial charge in [-0.2, -0.15) is 0 Å². The minimum absolute atomic E-state index is 1.24. The van der Waals surface area contributed by atoms with Gasteiger partial charge in [0.25, 0.3) is 0 Å². The van der Waals surface area contributed by atoms with Crippen molar-refractivity contribution in [2.45, 2.75) is 0 Å². The lowest BCUT2D eigenvalue weighted by molar-refractivity contribution is 1.64. The van der Waals surface area contributed by atoms with Crippen molar-refractivity contribution < 1.29 is 0 Å². The van der Waals surface area contributed by atoms with Gasteiger partial charge in [-0.1, -0.05) is 394 Å². The number of rotatable bonds is 6. The monoisotopic (exact) mass is 1540 g/mol. The van der Waals surface area contributed by atoms with E-state index in [2.05, 4.69) is 461 Å². The Labute approximate surface area is 705 Å². The van der Waals surface area contributed by atoms with Crippen LogP contribution >= 0.6 is 0 Å². The summed E-state index contributed by atoms with van der Waals surface area (Å²) in [5.74, 6) is 0. The second-order valence-electron chi connectivity index (χ2n) is 32.7. The zero-order chi connectivity index (χ0) is 80.3. The first-order chi connectivity index (χ1) is 60.5. The minimum Gasteiger partial charge on any atom is -0.0622 e. The largest absolute Gasteiger partial charge is 0.0622 e. The van der Waals surface area contributed by atoms with Crippen LogP contribution in [-0.4, -0.2) is 0 Å². The van der Waals surface area contributed by atoms with Crippen LogP contribution in [0.3, 0.4) is 0 Å². The van der Waals surface area contributed by atoms with Crippen molar-refractivity contribution in [3.05, 3.63) is 461 Å². The summed E-state index contributed by atoms with van der Waals surface area (Å²) in [6.45, 7) is 0. The van der Waals surface area contributed by atoms with Crippen LogP contribution in [-0.2, 0) is 0 Å². The second kappa shape index (κ2) is 29.0. The van der Waals surface area contributed by atoms with Gasteiger partial charge in [-0.25, -0.2) is 0 Å². The fraction of sp³-hybridized carbons (Fsp3) is 0. The van der Waals surface area contributed by atoms with E-state index in [-0.39, 0.29) is 0 Å². The van der Waals surface area contributed by atoms with Gasteiger partial charge in [-0.05, 0) is 317 Å². The van der Waals surface area contributed by atoms with E-state index in [1.165, 1.54) is 250 Å². The van der Waals surface area contributed by atoms with E-state index in [1.54, 1.807) is 0 Å². The molecule has 26 rings (SSSR count). The zero-order valence-corrected chi connectivity index (χ0v) is 66.9. The Kier molecular flexibility index (Phi) is 16.7. The third-order valence-electron chi connectivity index (χ3n) is 26.0. The topological polar surface area (TPSA) is 0 Å². The summed E-state index contributed by atoms with van der Waals surface area (Å²) in [4.78, 5) is 0. The average Bonchev–Trinajstić information content (AvgIpc) is 0.714. The number of benzene rings is 26. The van der Waals surface area contributed by atoms with Gasteiger partial charge in [0.2, 0.25) is 0 Å². The van der Waals surface area contributed by atoms with Gasteiger partial charge in [-0.15, -0.1) is 0 Å². The molecule has 0 aliphatic heterocycles. The zero-order valence-electron chi connectivity index (χ0n) is 66.9. The van der Waals surface area contributed by atoms with Crippen LogP contribution in [0.25, 0.3) is 250 Å². The standard InChI is InChI=1S/2C42H26.C38H24/c1-2-10-27(11-3-1)30-20-18-28-19-21-31(25-32(28)24-30)39-26-40-35-15-7-9-17-37(35)41-33-13-5-4-12-29(33)22-23-38(41)42(40)36-16-8-6-14-34(36)39;1-2-10-27(11-3-1)31-20-18-28-19-21-32(23-33(28)22-31)38-26-41-35-15-7-6-14-34(35)39-24-29-12-4-5-13-30(29)25-40(39)42(41)37-17-9-8-16-36(37)38;1-2-10-25(11-3-1)27-20-18-26-19-21-28(23-29(26)22-27)36-24-37-32-14-5-4-12-30(32)31-13-6-8-16-34(31)38(37)35-17-9-7-15-33(35)36/h2*1-26H;1-24H. The van der Waals surface area contributed by atoms with Crippen molar-refractivity contribution in [2.24, 2.45) is 0 Å². The number of fused-ring (bicyclic) bond motifs is 30. The quantitative estimate of drug-likeness (QED) is 0.115. The van der Waals surface area contributed by atoms with E-state index in [0.29, 0.717) is 0 Å². The summed E-state index contributed by atoms with van der Waals surface area (Å²) < 4.78 is 0. The van der Waals surface area contributed by atoms with Crippen LogP contribution in [0.15, 0.2) is 461 Å². The van der Waals surface area contributed by atoms with Crippen molar-refractivity contribution in [1.82, 2.24) is 0 Å². The van der Waals surface area contributed by atoms with E-state index in [1.807, 2.05) is 0 Å². The maximum Gasteiger partial charge on any atom is -0.00197 e. The maximum atomic E-state index is 2.44. The predicted molar refractivity (Wildman–Crippen MR) is 530 cm³/mol. The summed E-state index contributed by atoms with van der Waals surface area (Å²) in [7, 11) is 0. The third-order valence-corrected chi connectivity index (χ3v) is 26.0. The molecule has 0 heterocycles. The van der Waals surface area contributed by atoms with Gasteiger partial charge < -0.3 is 0 Å². The number of hydrogen-bond donors (Lipinski definition) is 0. The first kappa shape index (κ1) is 70.4. The Balaban J connectivity index is 0.000000104. The van der Waals surface area contributed by atoms with Crippen LogP contribution < -0.4 is 0 Å². The lowest BCUT2D eigenvalue weighted by Crippen LogP contribution is -1.90. The molecule has 0 spiro atoms. The molecule has 0 heteroatoms. The molecule has 0 unspecified atom stereocenters. The highest BCUT2D eigenvalue weighted by Gasteiger charge is 2.22. The first-order valence-corrected chi connectivity index (χ1v) is 42.4. The Morgan fingerprint density at radius 1 is 0.0820 bits per heavy atom. The van der Waals surface area contributed by atoms with Crippen molar-refractivity contribution in [2.75, 3.05) is 0 Å². The third kappa shape index (κ3) is 11.8. The molecule has 0 radical (unpaired) electrons. The van der Waals surface area contributed by atoms with E-state index in [9.17, 15) is 0 Å². The van der Waals surface area contributed by atoms with E-state index in [4.69, 9.17) is 0 Å². The van der Waals surface area contributed by atoms with Crippen LogP contribution in [0.1, 0.15) is 0 Å². The highest BCUT2D eigenvalue weighted by Crippen LogP contribution is 2.49. The molecule has 0 aromatic heterocycles. The average molecular weight is 1540 g/mol. The van der Waals surface area contributed by atoms with Crippen molar-refractivity contribution in [3.63, 3.8) is 0 Å². The Hall–Kier alpha value is -15.9. The van der Waals surface area contributed by atoms with Crippen molar-refractivity contribution >= 4 is 183 Å². The van der Waals surface area contributed by atoms with E-state index >= 15 is 0 Å². The van der Waals surface area contributed by atoms with E-state index in [0.717, 1.165) is 0 Å². The van der Waals surface area contributed by atoms with Gasteiger partial charge in [0, 0.05) is 0 Å². The molecule has 0 saturated carbocycles. The molecule has 0 fully saturated rings. The summed E-state index contributed by atoms with van der Waals surface area (Å²) in [5, 5.41) is 44.1. The van der Waals surface area contributed by atoms with Gasteiger partial charge in [-0.3, -0.25) is 0 Å². The van der Waals surface area contributed by atoms with Crippen LogP contribution in [0.2, 0.25) is 0 Å². The second-order valence-corrected chi connectivity index (χ2v) is 32.7. The van der Waals surface area contributed by atoms with Gasteiger partial charge in [0.1, 0.15) is 0 Å². The Bertz CT molecular complexity index is 8590. The SMILES string of the molecule is c1ccc(-c2ccc3ccc(-c4cc5c6ccccc6c6c7ccccc7ccc6c5c5ccccc45)cc3c2)cc1.c1ccc(-c2ccc3ccc(-c4cc5c6ccccc6c6cc7ccccc7cc6c5c5ccccc45)cc3c2)cc1.c1ccc(-c2ccc3ccc(-c4cc5c6ccccc6c6ccccc6c5c5ccccc45)cc3c2)cc1. The molecule has 0 atom stereocenters. The highest BCUT2D eigenvalue weighted by molar-refractivity contribution is 6.38. The molecule has 0 amide bonds. The minimum atomic E-state index is 1.24. The molecule has 0 bridgehead atoms. The summed E-state index contributed by atoms with van der Waals surface area (Å²) in [5.41, 5.74) is 15.0. The van der Waals surface area contributed by atoms with Crippen molar-refractivity contribution in [3.8, 4) is 66.8 Å². The predicted octanol–water partition coefficient (Wildman–Crippen LogP) is 34.7. The summed E-state index contributed by atoms with van der Waals surface area (Å²) in [6.07, 6.45) is 0. The molecule has 0 aliphatic carbocycles. The molecule has 564 valence electrons. The highest BCUT2D eigenvalue weighted by atomic mass is 14.2. The molecule has 0 aliphatic rings.